The van der Waals surface area contributed by atoms with Gasteiger partial charge in [-0.2, -0.15) is 0 Å². The topological polar surface area (TPSA) is 37.6 Å². The molecule has 2 heterocycles. The largest absolute Gasteiger partial charge is 0.333 e. The fraction of sp³-hybridized carbons (Fsp3) is 0.176. The van der Waals surface area contributed by atoms with Crippen molar-refractivity contribution < 1.29 is 9.18 Å². The molecule has 1 aromatic carbocycles. The van der Waals surface area contributed by atoms with E-state index < -0.39 is 0 Å². The van der Waals surface area contributed by atoms with Crippen molar-refractivity contribution in [1.82, 2.24) is 14.3 Å². The van der Waals surface area contributed by atoms with Gasteiger partial charge in [0.1, 0.15) is 11.5 Å². The van der Waals surface area contributed by atoms with Gasteiger partial charge < -0.3 is 9.30 Å². The molecule has 0 aliphatic rings. The maximum atomic E-state index is 13.0. The number of halogens is 1. The molecule has 0 spiro atoms. The van der Waals surface area contributed by atoms with Crippen molar-refractivity contribution in [3.05, 3.63) is 71.9 Å². The fourth-order valence-corrected chi connectivity index (χ4v) is 2.40. The summed E-state index contributed by atoms with van der Waals surface area (Å²) in [6.07, 6.45) is 3.70. The Morgan fingerprint density at radius 3 is 2.73 bits per heavy atom. The van der Waals surface area contributed by atoms with Gasteiger partial charge in [-0.3, -0.25) is 4.79 Å². The van der Waals surface area contributed by atoms with Crippen LogP contribution in [0.3, 0.4) is 0 Å². The second-order valence-electron chi connectivity index (χ2n) is 5.00. The molecular weight excluding hydrogens is 281 g/mol. The van der Waals surface area contributed by atoms with Crippen molar-refractivity contribution in [2.24, 2.45) is 0 Å². The van der Waals surface area contributed by atoms with E-state index in [0.29, 0.717) is 18.7 Å². The SMILES string of the molecule is CCN(Cc1cnc2ccccn12)C(=O)c1ccc(F)cc1. The zero-order chi connectivity index (χ0) is 15.5. The minimum absolute atomic E-state index is 0.117. The lowest BCUT2D eigenvalue weighted by Gasteiger charge is -2.20. The average Bonchev–Trinajstić information content (AvgIpc) is 2.96. The molecule has 3 aromatic rings. The molecule has 0 aliphatic carbocycles. The third kappa shape index (κ3) is 2.70. The number of rotatable bonds is 4. The van der Waals surface area contributed by atoms with Crippen LogP contribution in [0.4, 0.5) is 4.39 Å². The lowest BCUT2D eigenvalue weighted by molar-refractivity contribution is 0.0750. The Labute approximate surface area is 127 Å². The lowest BCUT2D eigenvalue weighted by atomic mass is 10.2. The van der Waals surface area contributed by atoms with Crippen molar-refractivity contribution in [3.8, 4) is 0 Å². The number of benzene rings is 1. The van der Waals surface area contributed by atoms with Gasteiger partial charge in [-0.05, 0) is 43.3 Å². The van der Waals surface area contributed by atoms with Crippen molar-refractivity contribution in [2.75, 3.05) is 6.54 Å². The fourth-order valence-electron chi connectivity index (χ4n) is 2.40. The lowest BCUT2D eigenvalue weighted by Crippen LogP contribution is -2.30. The molecule has 0 aliphatic heterocycles. The Morgan fingerprint density at radius 2 is 2.00 bits per heavy atom. The van der Waals surface area contributed by atoms with E-state index in [1.54, 1.807) is 11.1 Å². The van der Waals surface area contributed by atoms with Crippen molar-refractivity contribution in [1.29, 1.82) is 0 Å². The Morgan fingerprint density at radius 1 is 1.23 bits per heavy atom. The summed E-state index contributed by atoms with van der Waals surface area (Å²) in [5, 5.41) is 0. The normalized spacial score (nSPS) is 10.8. The van der Waals surface area contributed by atoms with E-state index >= 15 is 0 Å². The zero-order valence-electron chi connectivity index (χ0n) is 12.2. The number of amides is 1. The molecule has 0 unspecified atom stereocenters. The predicted octanol–water partition coefficient (Wildman–Crippen LogP) is 3.14. The minimum Gasteiger partial charge on any atom is -0.333 e. The summed E-state index contributed by atoms with van der Waals surface area (Å²) in [5.41, 5.74) is 2.27. The third-order valence-corrected chi connectivity index (χ3v) is 3.61. The smallest absolute Gasteiger partial charge is 0.254 e. The van der Waals surface area contributed by atoms with Crippen molar-refractivity contribution in [3.63, 3.8) is 0 Å². The molecule has 0 bridgehead atoms. The van der Waals surface area contributed by atoms with Crippen LogP contribution in [-0.2, 0) is 6.54 Å². The van der Waals surface area contributed by atoms with E-state index in [9.17, 15) is 9.18 Å². The highest BCUT2D eigenvalue weighted by Crippen LogP contribution is 2.12. The van der Waals surface area contributed by atoms with Gasteiger partial charge in [-0.25, -0.2) is 9.37 Å². The first kappa shape index (κ1) is 14.3. The van der Waals surface area contributed by atoms with Crippen LogP contribution in [0.25, 0.3) is 5.65 Å². The summed E-state index contributed by atoms with van der Waals surface area (Å²) >= 11 is 0. The monoisotopic (exact) mass is 297 g/mol. The van der Waals surface area contributed by atoms with E-state index in [0.717, 1.165) is 11.3 Å². The molecule has 0 atom stereocenters. The standard InChI is InChI=1S/C17H16FN3O/c1-2-20(17(22)13-6-8-14(18)9-7-13)12-15-11-19-16-5-3-4-10-21(15)16/h3-11H,2,12H2,1H3. The van der Waals surface area contributed by atoms with Gasteiger partial charge in [-0.15, -0.1) is 0 Å². The number of fused-ring (bicyclic) bond motifs is 1. The van der Waals surface area contributed by atoms with E-state index in [-0.39, 0.29) is 11.7 Å². The molecule has 1 amide bonds. The van der Waals surface area contributed by atoms with Gasteiger partial charge in [0, 0.05) is 18.3 Å². The average molecular weight is 297 g/mol. The van der Waals surface area contributed by atoms with Crippen LogP contribution in [0.5, 0.6) is 0 Å². The maximum absolute atomic E-state index is 13.0. The van der Waals surface area contributed by atoms with Crippen molar-refractivity contribution in [2.45, 2.75) is 13.5 Å². The van der Waals surface area contributed by atoms with Crippen LogP contribution in [0.2, 0.25) is 0 Å². The van der Waals surface area contributed by atoms with Gasteiger partial charge in [0.05, 0.1) is 18.4 Å². The summed E-state index contributed by atoms with van der Waals surface area (Å²) < 4.78 is 14.9. The number of hydrogen-bond acceptors (Lipinski definition) is 2. The highest BCUT2D eigenvalue weighted by Gasteiger charge is 2.16. The van der Waals surface area contributed by atoms with E-state index in [2.05, 4.69) is 4.98 Å². The highest BCUT2D eigenvalue weighted by atomic mass is 19.1. The van der Waals surface area contributed by atoms with E-state index in [1.807, 2.05) is 35.7 Å². The molecule has 3 rings (SSSR count). The number of pyridine rings is 1. The van der Waals surface area contributed by atoms with E-state index in [1.165, 1.54) is 24.3 Å². The van der Waals surface area contributed by atoms with Gasteiger partial charge in [0.15, 0.2) is 0 Å². The molecule has 0 saturated heterocycles. The molecule has 5 heteroatoms. The number of aromatic nitrogens is 2. The molecule has 22 heavy (non-hydrogen) atoms. The summed E-state index contributed by atoms with van der Waals surface area (Å²) in [6.45, 7) is 2.94. The molecule has 2 aromatic heterocycles. The van der Waals surface area contributed by atoms with E-state index in [4.69, 9.17) is 0 Å². The molecule has 112 valence electrons. The molecule has 0 radical (unpaired) electrons. The predicted molar refractivity (Wildman–Crippen MR) is 82.0 cm³/mol. The molecule has 0 N–H and O–H groups in total. The molecule has 4 nitrogen and oxygen atoms in total. The molecular formula is C17H16FN3O. The van der Waals surface area contributed by atoms with Gasteiger partial charge in [0.25, 0.3) is 5.91 Å². The van der Waals surface area contributed by atoms with Gasteiger partial charge >= 0.3 is 0 Å². The second kappa shape index (κ2) is 5.97. The van der Waals surface area contributed by atoms with Crippen molar-refractivity contribution >= 4 is 11.6 Å². The van der Waals surface area contributed by atoms with Crippen LogP contribution in [0.15, 0.2) is 54.9 Å². The first-order chi connectivity index (χ1) is 10.7. The Balaban J connectivity index is 1.85. The first-order valence-electron chi connectivity index (χ1n) is 7.15. The Hall–Kier alpha value is -2.69. The van der Waals surface area contributed by atoms with Crippen LogP contribution in [0.1, 0.15) is 23.0 Å². The summed E-state index contributed by atoms with van der Waals surface area (Å²) in [5.74, 6) is -0.463. The van der Waals surface area contributed by atoms with Gasteiger partial charge in [-0.1, -0.05) is 6.07 Å². The van der Waals surface area contributed by atoms with Crippen LogP contribution in [-0.4, -0.2) is 26.7 Å². The minimum atomic E-state index is -0.346. The highest BCUT2D eigenvalue weighted by molar-refractivity contribution is 5.94. The van der Waals surface area contributed by atoms with Crippen LogP contribution in [0, 0.1) is 5.82 Å². The van der Waals surface area contributed by atoms with Crippen LogP contribution >= 0.6 is 0 Å². The third-order valence-electron chi connectivity index (χ3n) is 3.61. The molecule has 0 saturated carbocycles. The molecule has 0 fully saturated rings. The number of hydrogen-bond donors (Lipinski definition) is 0. The summed E-state index contributed by atoms with van der Waals surface area (Å²) in [7, 11) is 0. The number of nitrogens with zero attached hydrogens (tertiary/aromatic N) is 3. The number of carbonyl (C=O) groups excluding carboxylic acids is 1. The quantitative estimate of drug-likeness (QED) is 0.742. The summed E-state index contributed by atoms with van der Waals surface area (Å²) in [4.78, 5) is 18.6. The second-order valence-corrected chi connectivity index (χ2v) is 5.00. The first-order valence-corrected chi connectivity index (χ1v) is 7.15. The number of imidazole rings is 1. The Bertz CT molecular complexity index is 795. The van der Waals surface area contributed by atoms with Crippen LogP contribution < -0.4 is 0 Å². The number of carbonyl (C=O) groups is 1. The Kier molecular flexibility index (Phi) is 3.87. The maximum Gasteiger partial charge on any atom is 0.254 e. The van der Waals surface area contributed by atoms with Gasteiger partial charge in [0.2, 0.25) is 0 Å². The zero-order valence-corrected chi connectivity index (χ0v) is 12.2. The summed E-state index contributed by atoms with van der Waals surface area (Å²) in [6, 6.07) is 11.4.